The Hall–Kier alpha value is -1.85. The van der Waals surface area contributed by atoms with Gasteiger partial charge in [-0.15, -0.1) is 12.4 Å². The second-order valence-electron chi connectivity index (χ2n) is 6.28. The van der Waals surface area contributed by atoms with Crippen molar-refractivity contribution in [3.05, 3.63) is 59.3 Å². The van der Waals surface area contributed by atoms with Crippen LogP contribution in [0, 0.1) is 12.7 Å². The first-order valence-corrected chi connectivity index (χ1v) is 8.47. The molecule has 2 heterocycles. The summed E-state index contributed by atoms with van der Waals surface area (Å²) in [4.78, 5) is 14.7. The first-order valence-electron chi connectivity index (χ1n) is 8.47. The lowest BCUT2D eigenvalue weighted by Gasteiger charge is -2.33. The highest BCUT2D eigenvalue weighted by Gasteiger charge is 2.25. The normalized spacial score (nSPS) is 16.1. The number of aryl methyl sites for hydroxylation is 1. The molecule has 1 saturated heterocycles. The highest BCUT2D eigenvalue weighted by atomic mass is 35.5. The number of nitrogens with zero attached hydrogens (tertiary/aromatic N) is 1. The zero-order valence-corrected chi connectivity index (χ0v) is 15.2. The van der Waals surface area contributed by atoms with E-state index in [1.807, 2.05) is 19.1 Å². The zero-order chi connectivity index (χ0) is 16.9. The van der Waals surface area contributed by atoms with Crippen molar-refractivity contribution in [2.24, 2.45) is 0 Å². The molecule has 1 aromatic heterocycles. The Morgan fingerprint density at radius 3 is 2.44 bits per heavy atom. The fourth-order valence-corrected chi connectivity index (χ4v) is 3.16. The van der Waals surface area contributed by atoms with Gasteiger partial charge in [-0.1, -0.05) is 6.42 Å². The number of likely N-dealkylation sites (tertiary alicyclic amines) is 1. The molecule has 0 spiro atoms. The first kappa shape index (κ1) is 19.5. The van der Waals surface area contributed by atoms with Gasteiger partial charge in [-0.25, -0.2) is 4.39 Å². The molecule has 0 radical (unpaired) electrons. The fourth-order valence-electron chi connectivity index (χ4n) is 3.16. The second-order valence-corrected chi connectivity index (χ2v) is 6.28. The number of amides is 1. The average molecular weight is 367 g/mol. The summed E-state index contributed by atoms with van der Waals surface area (Å²) in [6.07, 6.45) is 3.59. The molecule has 1 amide bonds. The Morgan fingerprint density at radius 2 is 1.84 bits per heavy atom. The van der Waals surface area contributed by atoms with Gasteiger partial charge in [0.2, 0.25) is 0 Å². The third-order valence-electron chi connectivity index (χ3n) is 4.48. The van der Waals surface area contributed by atoms with Crippen LogP contribution in [-0.4, -0.2) is 30.4 Å². The predicted molar refractivity (Wildman–Crippen MR) is 97.6 cm³/mol. The van der Waals surface area contributed by atoms with E-state index >= 15 is 0 Å². The van der Waals surface area contributed by atoms with Gasteiger partial charge >= 0.3 is 0 Å². The maximum atomic E-state index is 13.0. The van der Waals surface area contributed by atoms with Crippen LogP contribution in [0.15, 0.2) is 40.8 Å². The fraction of sp³-hybridized carbons (Fsp3) is 0.421. The number of rotatable bonds is 5. The van der Waals surface area contributed by atoms with E-state index in [1.165, 1.54) is 43.5 Å². The van der Waals surface area contributed by atoms with Crippen molar-refractivity contribution in [3.63, 3.8) is 0 Å². The summed E-state index contributed by atoms with van der Waals surface area (Å²) in [5, 5.41) is 2.96. The van der Waals surface area contributed by atoms with Gasteiger partial charge < -0.3 is 9.73 Å². The summed E-state index contributed by atoms with van der Waals surface area (Å²) in [5.41, 5.74) is 0.462. The molecule has 3 rings (SSSR count). The van der Waals surface area contributed by atoms with Crippen LogP contribution in [0.1, 0.15) is 47.2 Å². The number of hydrogen-bond donors (Lipinski definition) is 1. The number of furan rings is 1. The van der Waals surface area contributed by atoms with E-state index in [4.69, 9.17) is 4.42 Å². The molecule has 1 unspecified atom stereocenters. The number of benzene rings is 1. The van der Waals surface area contributed by atoms with E-state index in [-0.39, 0.29) is 30.2 Å². The SMILES string of the molecule is Cc1ccc(C(CNC(=O)c2ccc(F)cc2)N2CCCCC2)o1.Cl. The van der Waals surface area contributed by atoms with E-state index in [0.29, 0.717) is 12.1 Å². The van der Waals surface area contributed by atoms with Crippen LogP contribution < -0.4 is 5.32 Å². The van der Waals surface area contributed by atoms with Gasteiger partial charge in [-0.3, -0.25) is 9.69 Å². The van der Waals surface area contributed by atoms with Gasteiger partial charge in [0, 0.05) is 12.1 Å². The maximum Gasteiger partial charge on any atom is 0.251 e. The lowest BCUT2D eigenvalue weighted by Crippen LogP contribution is -2.40. The standard InChI is InChI=1S/C19H23FN2O2.ClH/c1-14-5-10-18(24-14)17(22-11-3-2-4-12-22)13-21-19(23)15-6-8-16(20)9-7-15;/h5-10,17H,2-4,11-13H2,1H3,(H,21,23);1H. The minimum Gasteiger partial charge on any atom is -0.465 e. The Labute approximate surface area is 153 Å². The molecule has 1 aliphatic rings. The molecular weight excluding hydrogens is 343 g/mol. The summed E-state index contributed by atoms with van der Waals surface area (Å²) in [7, 11) is 0. The molecule has 6 heteroatoms. The molecule has 0 bridgehead atoms. The predicted octanol–water partition coefficient (Wildman–Crippen LogP) is 4.11. The smallest absolute Gasteiger partial charge is 0.251 e. The van der Waals surface area contributed by atoms with Crippen LogP contribution in [0.2, 0.25) is 0 Å². The molecule has 136 valence electrons. The molecule has 1 atom stereocenters. The first-order chi connectivity index (χ1) is 11.6. The van der Waals surface area contributed by atoms with Gasteiger partial charge in [0.05, 0.1) is 6.04 Å². The average Bonchev–Trinajstić information content (AvgIpc) is 3.02. The molecule has 4 nitrogen and oxygen atoms in total. The number of carbonyl (C=O) groups excluding carboxylic acids is 1. The van der Waals surface area contributed by atoms with Crippen LogP contribution in [-0.2, 0) is 0 Å². The summed E-state index contributed by atoms with van der Waals surface area (Å²) in [5.74, 6) is 1.22. The van der Waals surface area contributed by atoms with Crippen molar-refractivity contribution in [2.75, 3.05) is 19.6 Å². The van der Waals surface area contributed by atoms with Gasteiger partial charge in [0.1, 0.15) is 17.3 Å². The van der Waals surface area contributed by atoms with Crippen molar-refractivity contribution in [3.8, 4) is 0 Å². The summed E-state index contributed by atoms with van der Waals surface area (Å²) in [6.45, 7) is 4.42. The highest BCUT2D eigenvalue weighted by Crippen LogP contribution is 2.25. The number of hydrogen-bond acceptors (Lipinski definition) is 3. The summed E-state index contributed by atoms with van der Waals surface area (Å²) < 4.78 is 18.8. The Bertz CT molecular complexity index is 681. The van der Waals surface area contributed by atoms with E-state index in [9.17, 15) is 9.18 Å². The van der Waals surface area contributed by atoms with E-state index < -0.39 is 0 Å². The summed E-state index contributed by atoms with van der Waals surface area (Å²) >= 11 is 0. The van der Waals surface area contributed by atoms with Gasteiger partial charge in [-0.05, 0) is 69.3 Å². The Balaban J connectivity index is 0.00000225. The van der Waals surface area contributed by atoms with E-state index in [0.717, 1.165) is 24.6 Å². The van der Waals surface area contributed by atoms with Crippen LogP contribution in [0.4, 0.5) is 4.39 Å². The van der Waals surface area contributed by atoms with Crippen LogP contribution in [0.25, 0.3) is 0 Å². The number of piperidine rings is 1. The van der Waals surface area contributed by atoms with Crippen molar-refractivity contribution < 1.29 is 13.6 Å². The molecule has 1 aromatic carbocycles. The molecular formula is C19H24ClFN2O2. The molecule has 2 aromatic rings. The molecule has 0 aliphatic carbocycles. The second kappa shape index (κ2) is 9.02. The van der Waals surface area contributed by atoms with Gasteiger partial charge in [-0.2, -0.15) is 0 Å². The molecule has 1 aliphatic heterocycles. The number of halogens is 2. The highest BCUT2D eigenvalue weighted by molar-refractivity contribution is 5.94. The maximum absolute atomic E-state index is 13.0. The van der Waals surface area contributed by atoms with Gasteiger partial charge in [0.15, 0.2) is 0 Å². The largest absolute Gasteiger partial charge is 0.465 e. The van der Waals surface area contributed by atoms with E-state index in [1.54, 1.807) is 0 Å². The molecule has 1 fully saturated rings. The number of nitrogens with one attached hydrogen (secondary N) is 1. The molecule has 0 saturated carbocycles. The Kier molecular flexibility index (Phi) is 7.02. The quantitative estimate of drug-likeness (QED) is 0.866. The Morgan fingerprint density at radius 1 is 1.16 bits per heavy atom. The lowest BCUT2D eigenvalue weighted by atomic mass is 10.1. The monoisotopic (exact) mass is 366 g/mol. The van der Waals surface area contributed by atoms with Gasteiger partial charge in [0.25, 0.3) is 5.91 Å². The molecule has 25 heavy (non-hydrogen) atoms. The lowest BCUT2D eigenvalue weighted by molar-refractivity contribution is 0.0913. The topological polar surface area (TPSA) is 45.5 Å². The van der Waals surface area contributed by atoms with Crippen molar-refractivity contribution in [2.45, 2.75) is 32.2 Å². The van der Waals surface area contributed by atoms with Crippen molar-refractivity contribution in [1.29, 1.82) is 0 Å². The molecule has 1 N–H and O–H groups in total. The van der Waals surface area contributed by atoms with Crippen LogP contribution >= 0.6 is 12.4 Å². The van der Waals surface area contributed by atoms with E-state index in [2.05, 4.69) is 10.2 Å². The zero-order valence-electron chi connectivity index (χ0n) is 14.3. The van der Waals surface area contributed by atoms with Crippen LogP contribution in [0.5, 0.6) is 0 Å². The minimum atomic E-state index is -0.344. The third kappa shape index (κ3) is 5.06. The minimum absolute atomic E-state index is 0. The summed E-state index contributed by atoms with van der Waals surface area (Å²) in [6, 6.07) is 9.56. The third-order valence-corrected chi connectivity index (χ3v) is 4.48. The van der Waals surface area contributed by atoms with Crippen molar-refractivity contribution in [1.82, 2.24) is 10.2 Å². The van der Waals surface area contributed by atoms with Crippen LogP contribution in [0.3, 0.4) is 0 Å². The van der Waals surface area contributed by atoms with Crippen molar-refractivity contribution >= 4 is 18.3 Å². The number of carbonyl (C=O) groups is 1.